The van der Waals surface area contributed by atoms with Gasteiger partial charge in [0.05, 0.1) is 19.2 Å². The third-order valence-electron chi connectivity index (χ3n) is 2.10. The first-order chi connectivity index (χ1) is 9.31. The Balaban J connectivity index is 2.59. The molecule has 4 nitrogen and oxygen atoms in total. The summed E-state index contributed by atoms with van der Waals surface area (Å²) in [5, 5.41) is 2.49. The Labute approximate surface area is 118 Å². The molecule has 0 bridgehead atoms. The van der Waals surface area contributed by atoms with Crippen LogP contribution in [0.1, 0.15) is 26.3 Å². The molecule has 0 atom stereocenters. The number of hydrogen-bond donors (Lipinski definition) is 1. The highest BCUT2D eigenvalue weighted by Gasteiger charge is 2.15. The van der Waals surface area contributed by atoms with E-state index in [1.54, 1.807) is 20.8 Å². The molecular weight excluding hydrogens is 261 g/mol. The number of carbonyl (C=O) groups is 1. The highest BCUT2D eigenvalue weighted by molar-refractivity contribution is 5.68. The fraction of sp³-hybridized carbons (Fsp3) is 0.400. The number of ether oxygens (including phenoxy) is 2. The van der Waals surface area contributed by atoms with Gasteiger partial charge >= 0.3 is 6.09 Å². The molecule has 0 aliphatic rings. The van der Waals surface area contributed by atoms with E-state index in [1.165, 1.54) is 25.3 Å². The van der Waals surface area contributed by atoms with Crippen molar-refractivity contribution in [3.8, 4) is 17.6 Å². The second-order valence-corrected chi connectivity index (χ2v) is 5.00. The van der Waals surface area contributed by atoms with Gasteiger partial charge in [-0.3, -0.25) is 0 Å². The van der Waals surface area contributed by atoms with E-state index in [-0.39, 0.29) is 6.54 Å². The fourth-order valence-corrected chi connectivity index (χ4v) is 1.35. The normalized spacial score (nSPS) is 10.2. The molecule has 20 heavy (non-hydrogen) atoms. The van der Waals surface area contributed by atoms with Gasteiger partial charge in [-0.25, -0.2) is 9.18 Å². The maximum absolute atomic E-state index is 13.1. The molecule has 0 fully saturated rings. The van der Waals surface area contributed by atoms with Crippen molar-refractivity contribution in [2.75, 3.05) is 13.7 Å². The largest absolute Gasteiger partial charge is 0.495 e. The highest BCUT2D eigenvalue weighted by atomic mass is 19.1. The van der Waals surface area contributed by atoms with Crippen LogP contribution in [-0.2, 0) is 4.74 Å². The van der Waals surface area contributed by atoms with Crippen LogP contribution in [0.5, 0.6) is 5.75 Å². The van der Waals surface area contributed by atoms with E-state index < -0.39 is 17.5 Å². The quantitative estimate of drug-likeness (QED) is 0.847. The van der Waals surface area contributed by atoms with Gasteiger partial charge in [-0.15, -0.1) is 0 Å². The summed E-state index contributed by atoms with van der Waals surface area (Å²) in [6, 6.07) is 4.07. The van der Waals surface area contributed by atoms with Crippen LogP contribution in [0.4, 0.5) is 9.18 Å². The molecule has 0 saturated heterocycles. The lowest BCUT2D eigenvalue weighted by Gasteiger charge is -2.19. The van der Waals surface area contributed by atoms with Gasteiger partial charge in [0.15, 0.2) is 0 Å². The van der Waals surface area contributed by atoms with Crippen LogP contribution in [0.2, 0.25) is 0 Å². The summed E-state index contributed by atoms with van der Waals surface area (Å²) < 4.78 is 23.2. The molecule has 0 aliphatic heterocycles. The smallest absolute Gasteiger partial charge is 0.408 e. The minimum atomic E-state index is -0.552. The molecule has 1 aromatic carbocycles. The Morgan fingerprint density at radius 2 is 2.10 bits per heavy atom. The molecule has 0 aliphatic carbocycles. The number of rotatable bonds is 2. The summed E-state index contributed by atoms with van der Waals surface area (Å²) in [7, 11) is 1.48. The summed E-state index contributed by atoms with van der Waals surface area (Å²) >= 11 is 0. The average molecular weight is 279 g/mol. The molecule has 0 spiro atoms. The third kappa shape index (κ3) is 5.61. The Kier molecular flexibility index (Phi) is 5.39. The Hall–Kier alpha value is -2.22. The van der Waals surface area contributed by atoms with Crippen molar-refractivity contribution in [1.29, 1.82) is 0 Å². The lowest BCUT2D eigenvalue weighted by atomic mass is 10.2. The van der Waals surface area contributed by atoms with Crippen molar-refractivity contribution in [2.45, 2.75) is 26.4 Å². The number of alkyl carbamates (subject to hydrolysis) is 1. The van der Waals surface area contributed by atoms with Crippen molar-refractivity contribution in [2.24, 2.45) is 0 Å². The van der Waals surface area contributed by atoms with E-state index in [0.717, 1.165) is 0 Å². The first-order valence-corrected chi connectivity index (χ1v) is 6.11. The van der Waals surface area contributed by atoms with Crippen LogP contribution in [0.25, 0.3) is 0 Å². The van der Waals surface area contributed by atoms with Crippen molar-refractivity contribution >= 4 is 6.09 Å². The summed E-state index contributed by atoms with van der Waals surface area (Å²) in [4.78, 5) is 11.4. The van der Waals surface area contributed by atoms with E-state index in [4.69, 9.17) is 9.47 Å². The molecule has 1 aromatic rings. The van der Waals surface area contributed by atoms with Crippen molar-refractivity contribution in [3.05, 3.63) is 29.6 Å². The predicted octanol–water partition coefficient (Wildman–Crippen LogP) is 2.71. The Morgan fingerprint density at radius 1 is 1.40 bits per heavy atom. The van der Waals surface area contributed by atoms with Gasteiger partial charge in [0.2, 0.25) is 0 Å². The minimum Gasteiger partial charge on any atom is -0.495 e. The van der Waals surface area contributed by atoms with Gasteiger partial charge in [-0.2, -0.15) is 0 Å². The predicted molar refractivity (Wildman–Crippen MR) is 74.1 cm³/mol. The third-order valence-corrected chi connectivity index (χ3v) is 2.10. The minimum absolute atomic E-state index is 0.106. The SMILES string of the molecule is COc1ccc(F)cc1C#CCNC(=O)OC(C)(C)C. The maximum Gasteiger partial charge on any atom is 0.408 e. The van der Waals surface area contributed by atoms with Crippen LogP contribution in [0.15, 0.2) is 18.2 Å². The fourth-order valence-electron chi connectivity index (χ4n) is 1.35. The molecule has 0 radical (unpaired) electrons. The molecular formula is C15H18FNO3. The molecule has 0 aromatic heterocycles. The lowest BCUT2D eigenvalue weighted by Crippen LogP contribution is -2.32. The molecule has 108 valence electrons. The number of methoxy groups -OCH3 is 1. The number of carbonyl (C=O) groups excluding carboxylic acids is 1. The molecule has 0 heterocycles. The molecule has 0 saturated carbocycles. The van der Waals surface area contributed by atoms with E-state index in [1.807, 2.05) is 0 Å². The molecule has 5 heteroatoms. The van der Waals surface area contributed by atoms with Gasteiger partial charge in [0.25, 0.3) is 0 Å². The summed E-state index contributed by atoms with van der Waals surface area (Å²) in [5.74, 6) is 5.54. The second-order valence-electron chi connectivity index (χ2n) is 5.00. The zero-order chi connectivity index (χ0) is 15.2. The zero-order valence-electron chi connectivity index (χ0n) is 12.0. The number of nitrogens with one attached hydrogen (secondary N) is 1. The molecule has 1 amide bonds. The summed E-state index contributed by atoms with van der Waals surface area (Å²) in [6.45, 7) is 5.43. The lowest BCUT2D eigenvalue weighted by molar-refractivity contribution is 0.0535. The topological polar surface area (TPSA) is 47.6 Å². The van der Waals surface area contributed by atoms with Gasteiger partial charge < -0.3 is 14.8 Å². The van der Waals surface area contributed by atoms with Gasteiger partial charge in [0, 0.05) is 0 Å². The number of amides is 1. The highest BCUT2D eigenvalue weighted by Crippen LogP contribution is 2.17. The molecule has 1 N–H and O–H groups in total. The summed E-state index contributed by atoms with van der Waals surface area (Å²) in [5.41, 5.74) is -0.123. The van der Waals surface area contributed by atoms with Crippen LogP contribution >= 0.6 is 0 Å². The van der Waals surface area contributed by atoms with Crippen LogP contribution in [0, 0.1) is 17.7 Å². The van der Waals surface area contributed by atoms with Crippen LogP contribution in [-0.4, -0.2) is 25.3 Å². The Bertz CT molecular complexity index is 538. The second kappa shape index (κ2) is 6.80. The summed E-state index contributed by atoms with van der Waals surface area (Å²) in [6.07, 6.45) is -0.544. The number of hydrogen-bond acceptors (Lipinski definition) is 3. The van der Waals surface area contributed by atoms with Crippen molar-refractivity contribution < 1.29 is 18.7 Å². The van der Waals surface area contributed by atoms with Crippen molar-refractivity contribution in [1.82, 2.24) is 5.32 Å². The molecule has 0 unspecified atom stereocenters. The molecule has 1 rings (SSSR count). The van der Waals surface area contributed by atoms with E-state index in [0.29, 0.717) is 11.3 Å². The van der Waals surface area contributed by atoms with Crippen molar-refractivity contribution in [3.63, 3.8) is 0 Å². The van der Waals surface area contributed by atoms with E-state index in [2.05, 4.69) is 17.2 Å². The van der Waals surface area contributed by atoms with Crippen LogP contribution in [0.3, 0.4) is 0 Å². The average Bonchev–Trinajstić information content (AvgIpc) is 2.33. The first-order valence-electron chi connectivity index (χ1n) is 6.11. The monoisotopic (exact) mass is 279 g/mol. The zero-order valence-corrected chi connectivity index (χ0v) is 12.0. The first kappa shape index (κ1) is 15.8. The number of halogens is 1. The maximum atomic E-state index is 13.1. The number of benzene rings is 1. The standard InChI is InChI=1S/C15H18FNO3/c1-15(2,3)20-14(18)17-9-5-6-11-10-12(16)7-8-13(11)19-4/h7-8,10H,9H2,1-4H3,(H,17,18). The van der Waals surface area contributed by atoms with Crippen LogP contribution < -0.4 is 10.1 Å². The van der Waals surface area contributed by atoms with Gasteiger partial charge in [-0.1, -0.05) is 11.8 Å². The van der Waals surface area contributed by atoms with Gasteiger partial charge in [-0.05, 0) is 39.0 Å². The van der Waals surface area contributed by atoms with E-state index >= 15 is 0 Å². The Morgan fingerprint density at radius 3 is 2.70 bits per heavy atom. The van der Waals surface area contributed by atoms with Gasteiger partial charge in [0.1, 0.15) is 17.2 Å². The van der Waals surface area contributed by atoms with E-state index in [9.17, 15) is 9.18 Å².